The Labute approximate surface area is 163 Å². The summed E-state index contributed by atoms with van der Waals surface area (Å²) in [5.41, 5.74) is 2.20. The van der Waals surface area contributed by atoms with Gasteiger partial charge in [0.25, 0.3) is 10.0 Å². The van der Waals surface area contributed by atoms with Crippen LogP contribution in [0.4, 0.5) is 17.2 Å². The van der Waals surface area contributed by atoms with Gasteiger partial charge in [0.1, 0.15) is 5.82 Å². The third kappa shape index (κ3) is 4.47. The van der Waals surface area contributed by atoms with Crippen LogP contribution in [0.5, 0.6) is 0 Å². The maximum absolute atomic E-state index is 12.5. The SMILES string of the molecule is COC(=O)c1ccc(Nc2ccc(NS(=O)(=O)c3ccccc3C)cn2)cc1. The first kappa shape index (κ1) is 19.4. The highest BCUT2D eigenvalue weighted by molar-refractivity contribution is 7.92. The van der Waals surface area contributed by atoms with E-state index in [2.05, 4.69) is 19.8 Å². The van der Waals surface area contributed by atoms with Gasteiger partial charge in [0.2, 0.25) is 0 Å². The molecule has 0 saturated heterocycles. The minimum Gasteiger partial charge on any atom is -0.465 e. The number of anilines is 3. The number of benzene rings is 2. The number of carbonyl (C=O) groups excluding carboxylic acids is 1. The number of aryl methyl sites for hydroxylation is 1. The Morgan fingerprint density at radius 3 is 2.25 bits per heavy atom. The molecule has 2 aromatic carbocycles. The molecule has 0 amide bonds. The second-order valence-corrected chi connectivity index (χ2v) is 7.65. The lowest BCUT2D eigenvalue weighted by Gasteiger charge is -2.11. The Morgan fingerprint density at radius 2 is 1.64 bits per heavy atom. The summed E-state index contributed by atoms with van der Waals surface area (Å²) in [6.07, 6.45) is 1.43. The van der Waals surface area contributed by atoms with E-state index < -0.39 is 16.0 Å². The van der Waals surface area contributed by atoms with Gasteiger partial charge in [-0.2, -0.15) is 0 Å². The molecule has 0 saturated carbocycles. The van der Waals surface area contributed by atoms with Crippen molar-refractivity contribution in [3.8, 4) is 0 Å². The van der Waals surface area contributed by atoms with E-state index in [0.29, 0.717) is 22.6 Å². The van der Waals surface area contributed by atoms with Crippen LogP contribution in [0.2, 0.25) is 0 Å². The Balaban J connectivity index is 1.70. The van der Waals surface area contributed by atoms with Crippen LogP contribution in [0, 0.1) is 6.92 Å². The molecule has 0 bridgehead atoms. The van der Waals surface area contributed by atoms with Crippen molar-refractivity contribution in [3.63, 3.8) is 0 Å². The van der Waals surface area contributed by atoms with Crippen LogP contribution in [-0.4, -0.2) is 26.5 Å². The number of hydrogen-bond acceptors (Lipinski definition) is 6. The van der Waals surface area contributed by atoms with Gasteiger partial charge in [-0.1, -0.05) is 18.2 Å². The second kappa shape index (κ2) is 8.10. The number of pyridine rings is 1. The van der Waals surface area contributed by atoms with E-state index in [1.807, 2.05) is 0 Å². The molecule has 0 aliphatic heterocycles. The highest BCUT2D eigenvalue weighted by Gasteiger charge is 2.16. The fraction of sp³-hybridized carbons (Fsp3) is 0.100. The fourth-order valence-electron chi connectivity index (χ4n) is 2.55. The number of aromatic nitrogens is 1. The normalized spacial score (nSPS) is 10.9. The average Bonchev–Trinajstić information content (AvgIpc) is 2.69. The first-order valence-electron chi connectivity index (χ1n) is 8.39. The van der Waals surface area contributed by atoms with Crippen LogP contribution in [0.3, 0.4) is 0 Å². The van der Waals surface area contributed by atoms with E-state index in [1.54, 1.807) is 67.6 Å². The molecule has 1 aromatic heterocycles. The number of sulfonamides is 1. The number of hydrogen-bond donors (Lipinski definition) is 2. The Kier molecular flexibility index (Phi) is 5.60. The molecule has 0 spiro atoms. The van der Waals surface area contributed by atoms with E-state index in [1.165, 1.54) is 13.3 Å². The lowest BCUT2D eigenvalue weighted by molar-refractivity contribution is 0.0600. The van der Waals surface area contributed by atoms with Crippen LogP contribution in [-0.2, 0) is 14.8 Å². The molecule has 0 unspecified atom stereocenters. The molecule has 0 radical (unpaired) electrons. The van der Waals surface area contributed by atoms with E-state index in [9.17, 15) is 13.2 Å². The summed E-state index contributed by atoms with van der Waals surface area (Å²) in [4.78, 5) is 15.9. The van der Waals surface area contributed by atoms with Gasteiger partial charge in [0.15, 0.2) is 0 Å². The van der Waals surface area contributed by atoms with Crippen molar-refractivity contribution >= 4 is 33.2 Å². The van der Waals surface area contributed by atoms with Gasteiger partial charge in [-0.3, -0.25) is 4.72 Å². The maximum Gasteiger partial charge on any atom is 0.337 e. The zero-order valence-electron chi connectivity index (χ0n) is 15.3. The molecule has 28 heavy (non-hydrogen) atoms. The van der Waals surface area contributed by atoms with Crippen molar-refractivity contribution in [1.29, 1.82) is 0 Å². The molecule has 0 fully saturated rings. The highest BCUT2D eigenvalue weighted by Crippen LogP contribution is 2.21. The lowest BCUT2D eigenvalue weighted by atomic mass is 10.2. The van der Waals surface area contributed by atoms with Gasteiger partial charge >= 0.3 is 5.97 Å². The van der Waals surface area contributed by atoms with Crippen LogP contribution in [0.1, 0.15) is 15.9 Å². The number of esters is 1. The predicted octanol–water partition coefficient (Wildman–Crippen LogP) is 3.72. The quantitative estimate of drug-likeness (QED) is 0.615. The van der Waals surface area contributed by atoms with E-state index in [4.69, 9.17) is 0 Å². The molecular formula is C20H19N3O4S. The summed E-state index contributed by atoms with van der Waals surface area (Å²) in [5, 5.41) is 3.08. The van der Waals surface area contributed by atoms with Crippen LogP contribution >= 0.6 is 0 Å². The number of carbonyl (C=O) groups is 1. The molecule has 0 aliphatic carbocycles. The molecule has 144 valence electrons. The Bertz CT molecular complexity index is 1080. The van der Waals surface area contributed by atoms with E-state index in [-0.39, 0.29) is 4.90 Å². The minimum absolute atomic E-state index is 0.225. The molecule has 0 aliphatic rings. The standard InChI is InChI=1S/C20H19N3O4S/c1-14-5-3-4-6-18(14)28(25,26)23-17-11-12-19(21-13-17)22-16-9-7-15(8-10-16)20(24)27-2/h3-13,23H,1-2H3,(H,21,22). The molecule has 3 aromatic rings. The monoisotopic (exact) mass is 397 g/mol. The molecule has 7 nitrogen and oxygen atoms in total. The minimum atomic E-state index is -3.69. The number of ether oxygens (including phenoxy) is 1. The maximum atomic E-state index is 12.5. The number of rotatable bonds is 6. The van der Waals surface area contributed by atoms with Crippen LogP contribution in [0.25, 0.3) is 0 Å². The first-order valence-corrected chi connectivity index (χ1v) is 9.87. The summed E-state index contributed by atoms with van der Waals surface area (Å²) >= 11 is 0. The molecule has 2 N–H and O–H groups in total. The lowest BCUT2D eigenvalue weighted by Crippen LogP contribution is -2.14. The Morgan fingerprint density at radius 1 is 0.964 bits per heavy atom. The van der Waals surface area contributed by atoms with Gasteiger partial charge in [-0.15, -0.1) is 0 Å². The molecule has 8 heteroatoms. The third-order valence-corrected chi connectivity index (χ3v) is 5.52. The Hall–Kier alpha value is -3.39. The van der Waals surface area contributed by atoms with Crippen molar-refractivity contribution < 1.29 is 17.9 Å². The van der Waals surface area contributed by atoms with Gasteiger partial charge in [-0.05, 0) is 55.0 Å². The van der Waals surface area contributed by atoms with Crippen LogP contribution in [0.15, 0.2) is 71.8 Å². The van der Waals surface area contributed by atoms with Crippen LogP contribution < -0.4 is 10.0 Å². The van der Waals surface area contributed by atoms with Crippen molar-refractivity contribution in [2.24, 2.45) is 0 Å². The smallest absolute Gasteiger partial charge is 0.337 e. The summed E-state index contributed by atoms with van der Waals surface area (Å²) in [5.74, 6) is 0.125. The molecule has 3 rings (SSSR count). The number of nitrogens with zero attached hydrogens (tertiary/aromatic N) is 1. The van der Waals surface area contributed by atoms with Gasteiger partial charge in [0, 0.05) is 5.69 Å². The predicted molar refractivity (Wildman–Crippen MR) is 107 cm³/mol. The topological polar surface area (TPSA) is 97.4 Å². The summed E-state index contributed by atoms with van der Waals surface area (Å²) in [6, 6.07) is 16.8. The summed E-state index contributed by atoms with van der Waals surface area (Å²) < 4.78 is 32.2. The van der Waals surface area contributed by atoms with Gasteiger partial charge < -0.3 is 10.1 Å². The summed E-state index contributed by atoms with van der Waals surface area (Å²) in [7, 11) is -2.36. The molecule has 0 atom stereocenters. The second-order valence-electron chi connectivity index (χ2n) is 6.00. The van der Waals surface area contributed by atoms with E-state index >= 15 is 0 Å². The van der Waals surface area contributed by atoms with Crippen molar-refractivity contribution in [2.45, 2.75) is 11.8 Å². The number of nitrogens with one attached hydrogen (secondary N) is 2. The average molecular weight is 397 g/mol. The van der Waals surface area contributed by atoms with Crippen molar-refractivity contribution in [1.82, 2.24) is 4.98 Å². The summed E-state index contributed by atoms with van der Waals surface area (Å²) in [6.45, 7) is 1.74. The van der Waals surface area contributed by atoms with Crippen molar-refractivity contribution in [3.05, 3.63) is 78.0 Å². The molecule has 1 heterocycles. The first-order chi connectivity index (χ1) is 13.4. The highest BCUT2D eigenvalue weighted by atomic mass is 32.2. The molecular weight excluding hydrogens is 378 g/mol. The van der Waals surface area contributed by atoms with Gasteiger partial charge in [0.05, 0.1) is 29.5 Å². The zero-order chi connectivity index (χ0) is 20.1. The van der Waals surface area contributed by atoms with E-state index in [0.717, 1.165) is 5.69 Å². The fourth-order valence-corrected chi connectivity index (χ4v) is 3.84. The number of methoxy groups -OCH3 is 1. The zero-order valence-corrected chi connectivity index (χ0v) is 16.2. The van der Waals surface area contributed by atoms with Gasteiger partial charge in [-0.25, -0.2) is 18.2 Å². The third-order valence-electron chi connectivity index (χ3n) is 3.98. The largest absolute Gasteiger partial charge is 0.465 e. The van der Waals surface area contributed by atoms with Crippen molar-refractivity contribution in [2.75, 3.05) is 17.1 Å².